The molecule has 0 amide bonds. The van der Waals surface area contributed by atoms with Gasteiger partial charge in [0.25, 0.3) is 0 Å². The van der Waals surface area contributed by atoms with Gasteiger partial charge in [0.1, 0.15) is 12.1 Å². The van der Waals surface area contributed by atoms with Crippen molar-refractivity contribution < 1.29 is 9.84 Å². The van der Waals surface area contributed by atoms with Gasteiger partial charge < -0.3 is 20.1 Å². The second kappa shape index (κ2) is 6.38. The third kappa shape index (κ3) is 3.08. The first-order valence-electron chi connectivity index (χ1n) is 6.52. The molecule has 2 N–H and O–H groups in total. The van der Waals surface area contributed by atoms with Crippen LogP contribution in [0.2, 0.25) is 0 Å². The Morgan fingerprint density at radius 2 is 2.10 bits per heavy atom. The Bertz CT molecular complexity index is 587. The number of rotatable bonds is 6. The number of aromatic nitrogens is 2. The van der Waals surface area contributed by atoms with Crippen molar-refractivity contribution in [1.82, 2.24) is 14.9 Å². The minimum absolute atomic E-state index is 0.0701. The van der Waals surface area contributed by atoms with Crippen LogP contribution in [0.3, 0.4) is 0 Å². The molecule has 6 heteroatoms. The van der Waals surface area contributed by atoms with Gasteiger partial charge in [-0.05, 0) is 39.2 Å². The van der Waals surface area contributed by atoms with E-state index >= 15 is 0 Å². The van der Waals surface area contributed by atoms with E-state index in [9.17, 15) is 5.11 Å². The quantitative estimate of drug-likeness (QED) is 0.783. The van der Waals surface area contributed by atoms with Crippen LogP contribution < -0.4 is 10.1 Å². The minimum atomic E-state index is 0.0701. The fourth-order valence-corrected chi connectivity index (χ4v) is 2.02. The van der Waals surface area contributed by atoms with Gasteiger partial charge in [-0.1, -0.05) is 0 Å². The lowest BCUT2D eigenvalue weighted by molar-refractivity contribution is 0.376. The van der Waals surface area contributed by atoms with Gasteiger partial charge in [-0.25, -0.2) is 9.97 Å². The summed E-state index contributed by atoms with van der Waals surface area (Å²) >= 11 is 0. The van der Waals surface area contributed by atoms with E-state index in [1.54, 1.807) is 12.1 Å². The summed E-state index contributed by atoms with van der Waals surface area (Å²) in [6, 6.07) is 3.50. The van der Waals surface area contributed by atoms with Crippen molar-refractivity contribution in [2.45, 2.75) is 6.42 Å². The number of nitrogens with zero attached hydrogens (tertiary/aromatic N) is 3. The largest absolute Gasteiger partial charge is 0.504 e. The van der Waals surface area contributed by atoms with Gasteiger partial charge in [0, 0.05) is 6.54 Å². The minimum Gasteiger partial charge on any atom is -0.504 e. The number of anilines is 1. The van der Waals surface area contributed by atoms with E-state index in [4.69, 9.17) is 4.74 Å². The predicted molar refractivity (Wildman–Crippen MR) is 79.4 cm³/mol. The molecule has 0 atom stereocenters. The predicted octanol–water partition coefficient (Wildman–Crippen LogP) is 1.71. The Kier molecular flexibility index (Phi) is 4.57. The summed E-state index contributed by atoms with van der Waals surface area (Å²) in [5.74, 6) is 1.12. The second-order valence-corrected chi connectivity index (χ2v) is 4.82. The molecule has 0 aliphatic rings. The summed E-state index contributed by atoms with van der Waals surface area (Å²) in [7, 11) is 5.60. The summed E-state index contributed by atoms with van der Waals surface area (Å²) in [6.45, 7) is 1.77. The maximum absolute atomic E-state index is 10.2. The van der Waals surface area contributed by atoms with Crippen LogP contribution in [0.5, 0.6) is 11.5 Å². The monoisotopic (exact) mass is 276 g/mol. The van der Waals surface area contributed by atoms with Crippen LogP contribution in [-0.2, 0) is 0 Å². The third-order valence-electron chi connectivity index (χ3n) is 3.03. The number of methoxy groups -OCH3 is 1. The molecule has 108 valence electrons. The molecular weight excluding hydrogens is 256 g/mol. The molecule has 0 aliphatic carbocycles. The van der Waals surface area contributed by atoms with E-state index in [2.05, 4.69) is 20.2 Å². The van der Waals surface area contributed by atoms with Crippen molar-refractivity contribution in [2.75, 3.05) is 39.6 Å². The molecule has 2 aromatic rings. The van der Waals surface area contributed by atoms with E-state index in [1.165, 1.54) is 13.4 Å². The Balaban J connectivity index is 2.24. The zero-order valence-corrected chi connectivity index (χ0v) is 12.1. The molecule has 20 heavy (non-hydrogen) atoms. The maximum atomic E-state index is 10.2. The van der Waals surface area contributed by atoms with E-state index in [1.807, 2.05) is 14.1 Å². The van der Waals surface area contributed by atoms with Gasteiger partial charge in [0.15, 0.2) is 11.5 Å². The van der Waals surface area contributed by atoms with Crippen molar-refractivity contribution >= 4 is 16.7 Å². The van der Waals surface area contributed by atoms with Crippen LogP contribution in [0, 0.1) is 0 Å². The smallest absolute Gasteiger partial charge is 0.171 e. The van der Waals surface area contributed by atoms with Crippen LogP contribution in [0.1, 0.15) is 6.42 Å². The van der Waals surface area contributed by atoms with Crippen LogP contribution >= 0.6 is 0 Å². The zero-order valence-electron chi connectivity index (χ0n) is 12.1. The number of hydrogen-bond acceptors (Lipinski definition) is 6. The van der Waals surface area contributed by atoms with Crippen molar-refractivity contribution in [3.63, 3.8) is 0 Å². The van der Waals surface area contributed by atoms with Gasteiger partial charge in [-0.3, -0.25) is 0 Å². The lowest BCUT2D eigenvalue weighted by atomic mass is 10.2. The average Bonchev–Trinajstić information content (AvgIpc) is 2.44. The van der Waals surface area contributed by atoms with Crippen molar-refractivity contribution in [3.05, 3.63) is 18.5 Å². The molecular formula is C14H20N4O2. The highest BCUT2D eigenvalue weighted by Gasteiger charge is 2.12. The Labute approximate surface area is 118 Å². The molecule has 0 unspecified atom stereocenters. The van der Waals surface area contributed by atoms with Gasteiger partial charge in [-0.2, -0.15) is 0 Å². The molecule has 0 aliphatic heterocycles. The Morgan fingerprint density at radius 1 is 1.30 bits per heavy atom. The lowest BCUT2D eigenvalue weighted by Crippen LogP contribution is -2.16. The molecule has 1 heterocycles. The van der Waals surface area contributed by atoms with E-state index < -0.39 is 0 Å². The fraction of sp³-hybridized carbons (Fsp3) is 0.429. The number of nitrogens with one attached hydrogen (secondary N) is 1. The summed E-state index contributed by atoms with van der Waals surface area (Å²) in [6.07, 6.45) is 2.48. The number of benzene rings is 1. The van der Waals surface area contributed by atoms with Gasteiger partial charge in [0.05, 0.1) is 18.0 Å². The zero-order chi connectivity index (χ0) is 14.5. The lowest BCUT2D eigenvalue weighted by Gasteiger charge is -2.13. The van der Waals surface area contributed by atoms with Gasteiger partial charge >= 0.3 is 0 Å². The van der Waals surface area contributed by atoms with E-state index in [0.29, 0.717) is 22.5 Å². The molecule has 0 bridgehead atoms. The summed E-state index contributed by atoms with van der Waals surface area (Å²) in [5, 5.41) is 14.1. The summed E-state index contributed by atoms with van der Waals surface area (Å²) in [4.78, 5) is 10.5. The Morgan fingerprint density at radius 3 is 2.80 bits per heavy atom. The molecule has 1 aromatic carbocycles. The van der Waals surface area contributed by atoms with Crippen LogP contribution in [0.15, 0.2) is 18.5 Å². The third-order valence-corrected chi connectivity index (χ3v) is 3.03. The number of aromatic hydroxyl groups is 1. The first kappa shape index (κ1) is 14.3. The topological polar surface area (TPSA) is 70.5 Å². The maximum Gasteiger partial charge on any atom is 0.171 e. The average molecular weight is 276 g/mol. The van der Waals surface area contributed by atoms with Crippen molar-refractivity contribution in [3.8, 4) is 11.5 Å². The van der Waals surface area contributed by atoms with Crippen molar-refractivity contribution in [1.29, 1.82) is 0 Å². The molecule has 0 fully saturated rings. The molecule has 6 nitrogen and oxygen atoms in total. The fourth-order valence-electron chi connectivity index (χ4n) is 2.02. The highest BCUT2D eigenvalue weighted by Crippen LogP contribution is 2.36. The molecule has 0 saturated carbocycles. The van der Waals surface area contributed by atoms with E-state index in [0.717, 1.165) is 19.5 Å². The van der Waals surface area contributed by atoms with E-state index in [-0.39, 0.29) is 5.75 Å². The molecule has 0 spiro atoms. The van der Waals surface area contributed by atoms with Gasteiger partial charge in [-0.15, -0.1) is 0 Å². The second-order valence-electron chi connectivity index (χ2n) is 4.82. The Hall–Kier alpha value is -2.08. The highest BCUT2D eigenvalue weighted by molar-refractivity contribution is 5.96. The number of fused-ring (bicyclic) bond motifs is 1. The summed E-state index contributed by atoms with van der Waals surface area (Å²) < 4.78 is 5.13. The van der Waals surface area contributed by atoms with Crippen molar-refractivity contribution in [2.24, 2.45) is 0 Å². The summed E-state index contributed by atoms with van der Waals surface area (Å²) in [5.41, 5.74) is 0.688. The number of phenols is 1. The highest BCUT2D eigenvalue weighted by atomic mass is 16.5. The number of phenolic OH excluding ortho intramolecular Hbond substituents is 1. The van der Waals surface area contributed by atoms with Crippen LogP contribution in [-0.4, -0.2) is 54.3 Å². The number of hydrogen-bond donors (Lipinski definition) is 2. The molecule has 2 rings (SSSR count). The first-order valence-corrected chi connectivity index (χ1v) is 6.52. The standard InChI is InChI=1S/C14H20N4O2/c1-18(2)8-4-7-15-14-12-10(16-9-17-14)5-6-11(20-3)13(12)19/h5-6,9,19H,4,7-8H2,1-3H3,(H,15,16,17). The van der Waals surface area contributed by atoms with Gasteiger partial charge in [0.2, 0.25) is 0 Å². The first-order chi connectivity index (χ1) is 9.63. The molecule has 1 aromatic heterocycles. The van der Waals surface area contributed by atoms with Crippen LogP contribution in [0.4, 0.5) is 5.82 Å². The SMILES string of the molecule is COc1ccc2ncnc(NCCCN(C)C)c2c1O. The normalized spacial score (nSPS) is 11.0. The van der Waals surface area contributed by atoms with Crippen LogP contribution in [0.25, 0.3) is 10.9 Å². The molecule has 0 saturated heterocycles. The molecule has 0 radical (unpaired) electrons. The number of ether oxygens (including phenoxy) is 1.